The molecule has 0 amide bonds. The third-order valence-corrected chi connectivity index (χ3v) is 6.00. The van der Waals surface area contributed by atoms with Gasteiger partial charge >= 0.3 is 7.60 Å². The summed E-state index contributed by atoms with van der Waals surface area (Å²) >= 11 is 0. The van der Waals surface area contributed by atoms with Gasteiger partial charge in [0.05, 0.1) is 6.16 Å². The highest BCUT2D eigenvalue weighted by Gasteiger charge is 2.21. The van der Waals surface area contributed by atoms with Crippen molar-refractivity contribution in [2.75, 3.05) is 6.16 Å². The number of unbranched alkanes of at least 4 members (excludes halogenated alkanes) is 2. The Balaban J connectivity index is 4.00. The first-order valence-electron chi connectivity index (χ1n) is 9.33. The molecule has 0 saturated carbocycles. The van der Waals surface area contributed by atoms with Crippen LogP contribution in [0.5, 0.6) is 0 Å². The predicted molar refractivity (Wildman–Crippen MR) is 96.2 cm³/mol. The highest BCUT2D eigenvalue weighted by atomic mass is 31.2. The lowest BCUT2D eigenvalue weighted by atomic mass is 9.93. The lowest BCUT2D eigenvalue weighted by molar-refractivity contribution is 0.342. The van der Waals surface area contributed by atoms with Crippen molar-refractivity contribution in [2.24, 2.45) is 17.8 Å². The Morgan fingerprint density at radius 2 is 1.23 bits per heavy atom. The molecule has 0 fully saturated rings. The third-order valence-electron chi connectivity index (χ3n) is 5.01. The van der Waals surface area contributed by atoms with Crippen LogP contribution in [0.4, 0.5) is 0 Å². The normalized spacial score (nSPS) is 16.5. The lowest BCUT2D eigenvalue weighted by Crippen LogP contribution is -2.08. The molecule has 0 aromatic carbocycles. The fourth-order valence-electron chi connectivity index (χ4n) is 2.93. The molecule has 0 aliphatic heterocycles. The molecule has 3 atom stereocenters. The maximum absolute atomic E-state index is 11.3. The average molecular weight is 334 g/mol. The fraction of sp³-hybridized carbons (Fsp3) is 1.00. The van der Waals surface area contributed by atoms with E-state index in [1.54, 1.807) is 0 Å². The van der Waals surface area contributed by atoms with Crippen molar-refractivity contribution >= 4 is 7.60 Å². The standard InChI is InChI=1S/C18H39O3P/c1-5-16(3)11-8-7-9-13-18(15-22(19,20)21)14-10-12-17(4)6-2/h16-18H,5-15H2,1-4H3,(H2,19,20,21). The SMILES string of the molecule is CCC(C)CCCCCC(CCCC(C)CC)CP(=O)(O)O. The molecule has 3 nitrogen and oxygen atoms in total. The Morgan fingerprint density at radius 1 is 0.773 bits per heavy atom. The molecule has 0 aromatic heterocycles. The number of rotatable bonds is 14. The molecule has 0 radical (unpaired) electrons. The van der Waals surface area contributed by atoms with Gasteiger partial charge in [-0.15, -0.1) is 0 Å². The summed E-state index contributed by atoms with van der Waals surface area (Å²) in [7, 11) is -3.87. The maximum atomic E-state index is 11.3. The van der Waals surface area contributed by atoms with E-state index >= 15 is 0 Å². The van der Waals surface area contributed by atoms with Gasteiger partial charge in [0, 0.05) is 0 Å². The monoisotopic (exact) mass is 334 g/mol. The second kappa shape index (κ2) is 12.6. The summed E-state index contributed by atoms with van der Waals surface area (Å²) in [4.78, 5) is 18.5. The second-order valence-electron chi connectivity index (χ2n) is 7.31. The molecular formula is C18H39O3P. The second-order valence-corrected chi connectivity index (χ2v) is 9.00. The quantitative estimate of drug-likeness (QED) is 0.303. The van der Waals surface area contributed by atoms with E-state index < -0.39 is 7.60 Å². The molecule has 2 N–H and O–H groups in total. The van der Waals surface area contributed by atoms with Crippen molar-refractivity contribution in [1.82, 2.24) is 0 Å². The summed E-state index contributed by atoms with van der Waals surface area (Å²) in [6.07, 6.45) is 11.6. The van der Waals surface area contributed by atoms with E-state index in [0.29, 0.717) is 0 Å². The van der Waals surface area contributed by atoms with E-state index in [9.17, 15) is 14.4 Å². The van der Waals surface area contributed by atoms with Gasteiger partial charge in [-0.25, -0.2) is 0 Å². The lowest BCUT2D eigenvalue weighted by Gasteiger charge is -2.18. The van der Waals surface area contributed by atoms with Gasteiger partial charge < -0.3 is 9.79 Å². The summed E-state index contributed by atoms with van der Waals surface area (Å²) in [6, 6.07) is 0. The summed E-state index contributed by atoms with van der Waals surface area (Å²) in [5.74, 6) is 1.74. The fourth-order valence-corrected chi connectivity index (χ4v) is 3.97. The Hall–Kier alpha value is 0.150. The van der Waals surface area contributed by atoms with Gasteiger partial charge in [-0.05, 0) is 30.6 Å². The van der Waals surface area contributed by atoms with Crippen LogP contribution in [-0.2, 0) is 4.57 Å². The highest BCUT2D eigenvalue weighted by Crippen LogP contribution is 2.40. The zero-order valence-corrected chi connectivity index (χ0v) is 16.2. The predicted octanol–water partition coefficient (Wildman–Crippen LogP) is 5.99. The largest absolute Gasteiger partial charge is 0.325 e. The van der Waals surface area contributed by atoms with Crippen LogP contribution in [0, 0.1) is 17.8 Å². The summed E-state index contributed by atoms with van der Waals surface area (Å²) in [5.41, 5.74) is 0. The van der Waals surface area contributed by atoms with E-state index in [2.05, 4.69) is 27.7 Å². The molecule has 3 unspecified atom stereocenters. The Kier molecular flexibility index (Phi) is 12.6. The van der Waals surface area contributed by atoms with E-state index in [0.717, 1.165) is 37.5 Å². The molecule has 0 aliphatic carbocycles. The zero-order chi connectivity index (χ0) is 17.0. The molecule has 0 saturated heterocycles. The molecule has 0 rings (SSSR count). The van der Waals surface area contributed by atoms with Crippen molar-refractivity contribution in [3.63, 3.8) is 0 Å². The third kappa shape index (κ3) is 13.8. The average Bonchev–Trinajstić information content (AvgIpc) is 2.44. The maximum Gasteiger partial charge on any atom is 0.325 e. The number of hydrogen-bond acceptors (Lipinski definition) is 1. The first-order chi connectivity index (χ1) is 10.3. The van der Waals surface area contributed by atoms with Crippen molar-refractivity contribution in [1.29, 1.82) is 0 Å². The van der Waals surface area contributed by atoms with Crippen LogP contribution in [0.1, 0.15) is 91.9 Å². The molecule has 22 heavy (non-hydrogen) atoms. The molecule has 0 spiro atoms. The Morgan fingerprint density at radius 3 is 1.73 bits per heavy atom. The summed E-state index contributed by atoms with van der Waals surface area (Å²) < 4.78 is 11.3. The van der Waals surface area contributed by atoms with Gasteiger partial charge in [0.15, 0.2) is 0 Å². The summed E-state index contributed by atoms with van der Waals surface area (Å²) in [5, 5.41) is 0. The van der Waals surface area contributed by atoms with Crippen LogP contribution in [0.15, 0.2) is 0 Å². The topological polar surface area (TPSA) is 57.5 Å². The van der Waals surface area contributed by atoms with Gasteiger partial charge in [-0.3, -0.25) is 4.57 Å². The van der Waals surface area contributed by atoms with Gasteiger partial charge in [-0.2, -0.15) is 0 Å². The van der Waals surface area contributed by atoms with E-state index in [-0.39, 0.29) is 12.1 Å². The van der Waals surface area contributed by atoms with E-state index in [4.69, 9.17) is 0 Å². The molecule has 0 heterocycles. The van der Waals surface area contributed by atoms with Crippen molar-refractivity contribution in [3.05, 3.63) is 0 Å². The summed E-state index contributed by atoms with van der Waals surface area (Å²) in [6.45, 7) is 8.99. The van der Waals surface area contributed by atoms with Crippen LogP contribution in [-0.4, -0.2) is 15.9 Å². The van der Waals surface area contributed by atoms with E-state index in [1.165, 1.54) is 38.5 Å². The van der Waals surface area contributed by atoms with Gasteiger partial charge in [0.2, 0.25) is 0 Å². The Bertz CT molecular complexity index is 301. The first kappa shape index (κ1) is 22.1. The molecule has 134 valence electrons. The zero-order valence-electron chi connectivity index (χ0n) is 15.3. The first-order valence-corrected chi connectivity index (χ1v) is 11.1. The molecular weight excluding hydrogens is 295 g/mol. The number of hydrogen-bond donors (Lipinski definition) is 2. The smallest absolute Gasteiger partial charge is 0.324 e. The van der Waals surface area contributed by atoms with E-state index in [1.807, 2.05) is 0 Å². The van der Waals surface area contributed by atoms with Crippen molar-refractivity contribution in [3.8, 4) is 0 Å². The van der Waals surface area contributed by atoms with Crippen LogP contribution in [0.25, 0.3) is 0 Å². The Labute approximate surface area is 138 Å². The van der Waals surface area contributed by atoms with Crippen LogP contribution in [0.2, 0.25) is 0 Å². The van der Waals surface area contributed by atoms with Crippen LogP contribution < -0.4 is 0 Å². The van der Waals surface area contributed by atoms with Gasteiger partial charge in [-0.1, -0.05) is 79.1 Å². The van der Waals surface area contributed by atoms with Crippen molar-refractivity contribution in [2.45, 2.75) is 91.9 Å². The van der Waals surface area contributed by atoms with Crippen LogP contribution in [0.3, 0.4) is 0 Å². The van der Waals surface area contributed by atoms with Gasteiger partial charge in [0.25, 0.3) is 0 Å². The molecule has 0 aliphatic rings. The minimum Gasteiger partial charge on any atom is -0.324 e. The van der Waals surface area contributed by atoms with Crippen LogP contribution >= 0.6 is 7.60 Å². The molecule has 4 heteroatoms. The van der Waals surface area contributed by atoms with Crippen molar-refractivity contribution < 1.29 is 14.4 Å². The van der Waals surface area contributed by atoms with Gasteiger partial charge in [0.1, 0.15) is 0 Å². The minimum atomic E-state index is -3.87. The molecule has 0 bridgehead atoms. The molecule has 0 aromatic rings. The highest BCUT2D eigenvalue weighted by molar-refractivity contribution is 7.51. The minimum absolute atomic E-state index is 0.0822.